The topological polar surface area (TPSA) is 48.4 Å². The number of nitrogens with one attached hydrogen (secondary N) is 1. The molecule has 1 fully saturated rings. The normalized spacial score (nSPS) is 24.9. The smallest absolute Gasteiger partial charge is 0.0549 e. The molecule has 2 N–H and O–H groups in total. The van der Waals surface area contributed by atoms with Crippen LogP contribution in [-0.4, -0.2) is 46.8 Å². The Balaban J connectivity index is 1.72. The molecular formula is C17H29N3O. The maximum Gasteiger partial charge on any atom is 0.0549 e. The molecule has 0 bridgehead atoms. The van der Waals surface area contributed by atoms with E-state index in [1.807, 2.05) is 19.2 Å². The van der Waals surface area contributed by atoms with Crippen LogP contribution in [0.4, 0.5) is 0 Å². The van der Waals surface area contributed by atoms with Gasteiger partial charge in [-0.05, 0) is 43.9 Å². The van der Waals surface area contributed by atoms with Gasteiger partial charge in [0.05, 0.1) is 11.8 Å². The van der Waals surface area contributed by atoms with E-state index in [0.29, 0.717) is 12.0 Å². The molecule has 3 unspecified atom stereocenters. The van der Waals surface area contributed by atoms with E-state index < -0.39 is 0 Å². The molecule has 0 aromatic carbocycles. The van der Waals surface area contributed by atoms with Gasteiger partial charge in [0.25, 0.3) is 0 Å². The highest BCUT2D eigenvalue weighted by atomic mass is 16.3. The first-order chi connectivity index (χ1) is 10.2. The van der Waals surface area contributed by atoms with Gasteiger partial charge in [0.2, 0.25) is 0 Å². The van der Waals surface area contributed by atoms with Crippen molar-refractivity contribution < 1.29 is 5.11 Å². The molecule has 1 aliphatic rings. The van der Waals surface area contributed by atoms with Crippen LogP contribution in [0.25, 0.3) is 0 Å². The number of aromatic nitrogens is 1. The number of aliphatic hydroxyl groups excluding tert-OH is 1. The monoisotopic (exact) mass is 291 g/mol. The Morgan fingerprint density at radius 1 is 1.48 bits per heavy atom. The summed E-state index contributed by atoms with van der Waals surface area (Å²) in [6.07, 6.45) is 4.59. The third-order valence-corrected chi connectivity index (χ3v) is 4.46. The standard InChI is InChI=1S/C17H29N3O/c1-3-16(21)7-10-19-17-8-11-20(12-14(17)2)13-15-6-4-5-9-18-15/h4-6,9,14,16-17,19,21H,3,7-8,10-13H2,1-2H3. The molecular weight excluding hydrogens is 262 g/mol. The van der Waals surface area contributed by atoms with Gasteiger partial charge in [0.15, 0.2) is 0 Å². The Bertz CT molecular complexity index is 398. The van der Waals surface area contributed by atoms with Crippen LogP contribution in [0.3, 0.4) is 0 Å². The largest absolute Gasteiger partial charge is 0.393 e. The summed E-state index contributed by atoms with van der Waals surface area (Å²) in [7, 11) is 0. The van der Waals surface area contributed by atoms with E-state index in [-0.39, 0.29) is 6.10 Å². The number of aliphatic hydroxyl groups is 1. The lowest BCUT2D eigenvalue weighted by Gasteiger charge is -2.37. The summed E-state index contributed by atoms with van der Waals surface area (Å²) in [6, 6.07) is 6.70. The summed E-state index contributed by atoms with van der Waals surface area (Å²) in [5.74, 6) is 0.640. The number of likely N-dealkylation sites (tertiary alicyclic amines) is 1. The molecule has 4 heteroatoms. The highest BCUT2D eigenvalue weighted by molar-refractivity contribution is 5.03. The van der Waals surface area contributed by atoms with Gasteiger partial charge in [-0.2, -0.15) is 0 Å². The molecule has 0 aliphatic carbocycles. The molecule has 3 atom stereocenters. The van der Waals surface area contributed by atoms with Gasteiger partial charge in [-0.1, -0.05) is 19.9 Å². The molecule has 118 valence electrons. The first-order valence-electron chi connectivity index (χ1n) is 8.22. The number of nitrogens with zero attached hydrogens (tertiary/aromatic N) is 2. The van der Waals surface area contributed by atoms with Crippen molar-refractivity contribution >= 4 is 0 Å². The van der Waals surface area contributed by atoms with Crippen LogP contribution in [0.5, 0.6) is 0 Å². The highest BCUT2D eigenvalue weighted by Crippen LogP contribution is 2.18. The lowest BCUT2D eigenvalue weighted by atomic mass is 9.93. The fraction of sp³-hybridized carbons (Fsp3) is 0.706. The first kappa shape index (κ1) is 16.4. The average molecular weight is 291 g/mol. The van der Waals surface area contributed by atoms with Crippen LogP contribution in [0.15, 0.2) is 24.4 Å². The fourth-order valence-corrected chi connectivity index (χ4v) is 3.04. The van der Waals surface area contributed by atoms with Crippen molar-refractivity contribution in [1.29, 1.82) is 0 Å². The maximum atomic E-state index is 9.60. The Kier molecular flexibility index (Phi) is 6.61. The van der Waals surface area contributed by atoms with Crippen molar-refractivity contribution in [1.82, 2.24) is 15.2 Å². The summed E-state index contributed by atoms with van der Waals surface area (Å²) in [4.78, 5) is 6.90. The highest BCUT2D eigenvalue weighted by Gasteiger charge is 2.25. The zero-order chi connectivity index (χ0) is 15.1. The Hall–Kier alpha value is -0.970. The number of rotatable bonds is 7. The molecule has 1 aromatic heterocycles. The minimum atomic E-state index is -0.156. The van der Waals surface area contributed by atoms with Gasteiger partial charge < -0.3 is 10.4 Å². The molecule has 1 aromatic rings. The Morgan fingerprint density at radius 3 is 3.00 bits per heavy atom. The summed E-state index contributed by atoms with van der Waals surface area (Å²) < 4.78 is 0. The molecule has 4 nitrogen and oxygen atoms in total. The van der Waals surface area contributed by atoms with Crippen LogP contribution >= 0.6 is 0 Å². The number of piperidine rings is 1. The van der Waals surface area contributed by atoms with Gasteiger partial charge in [-0.3, -0.25) is 9.88 Å². The zero-order valence-corrected chi connectivity index (χ0v) is 13.3. The molecule has 1 aliphatic heterocycles. The molecule has 21 heavy (non-hydrogen) atoms. The van der Waals surface area contributed by atoms with Crippen molar-refractivity contribution in [2.45, 2.75) is 51.8 Å². The van der Waals surface area contributed by atoms with E-state index in [0.717, 1.165) is 44.7 Å². The predicted octanol–water partition coefficient (Wildman–Crippen LogP) is 2.04. The third-order valence-electron chi connectivity index (χ3n) is 4.46. The second kappa shape index (κ2) is 8.47. The minimum absolute atomic E-state index is 0.156. The third kappa shape index (κ3) is 5.38. The van der Waals surface area contributed by atoms with Gasteiger partial charge in [0.1, 0.15) is 0 Å². The minimum Gasteiger partial charge on any atom is -0.393 e. The lowest BCUT2D eigenvalue weighted by molar-refractivity contribution is 0.128. The van der Waals surface area contributed by atoms with Crippen LogP contribution in [0.2, 0.25) is 0 Å². The Labute approximate surface area is 128 Å². The van der Waals surface area contributed by atoms with Gasteiger partial charge in [0, 0.05) is 31.9 Å². The van der Waals surface area contributed by atoms with Gasteiger partial charge >= 0.3 is 0 Å². The van der Waals surface area contributed by atoms with Crippen molar-refractivity contribution in [2.24, 2.45) is 5.92 Å². The van der Waals surface area contributed by atoms with Gasteiger partial charge in [-0.25, -0.2) is 0 Å². The van der Waals surface area contributed by atoms with Crippen molar-refractivity contribution in [3.63, 3.8) is 0 Å². The second-order valence-electron chi connectivity index (χ2n) is 6.23. The number of pyridine rings is 1. The van der Waals surface area contributed by atoms with Crippen molar-refractivity contribution in [3.8, 4) is 0 Å². The molecule has 0 saturated carbocycles. The lowest BCUT2D eigenvalue weighted by Crippen LogP contribution is -2.48. The summed E-state index contributed by atoms with van der Waals surface area (Å²) >= 11 is 0. The summed E-state index contributed by atoms with van der Waals surface area (Å²) in [5.41, 5.74) is 1.15. The molecule has 0 amide bonds. The van der Waals surface area contributed by atoms with E-state index in [1.165, 1.54) is 6.42 Å². The van der Waals surface area contributed by atoms with E-state index in [4.69, 9.17) is 0 Å². The van der Waals surface area contributed by atoms with E-state index in [9.17, 15) is 5.11 Å². The van der Waals surface area contributed by atoms with Gasteiger partial charge in [-0.15, -0.1) is 0 Å². The first-order valence-corrected chi connectivity index (χ1v) is 8.22. The SMILES string of the molecule is CCC(O)CCNC1CCN(Cc2ccccn2)CC1C. The van der Waals surface area contributed by atoms with Crippen LogP contribution in [-0.2, 0) is 6.54 Å². The van der Waals surface area contributed by atoms with Crippen LogP contribution in [0.1, 0.15) is 38.8 Å². The van der Waals surface area contributed by atoms with Crippen LogP contribution < -0.4 is 5.32 Å². The average Bonchev–Trinajstić information content (AvgIpc) is 2.50. The molecule has 0 radical (unpaired) electrons. The number of hydrogen-bond acceptors (Lipinski definition) is 4. The molecule has 2 heterocycles. The van der Waals surface area contributed by atoms with Crippen molar-refractivity contribution in [2.75, 3.05) is 19.6 Å². The maximum absolute atomic E-state index is 9.60. The Morgan fingerprint density at radius 2 is 2.33 bits per heavy atom. The summed E-state index contributed by atoms with van der Waals surface area (Å²) in [6.45, 7) is 8.46. The fourth-order valence-electron chi connectivity index (χ4n) is 3.04. The molecule has 1 saturated heterocycles. The number of hydrogen-bond donors (Lipinski definition) is 2. The van der Waals surface area contributed by atoms with E-state index in [1.54, 1.807) is 0 Å². The van der Waals surface area contributed by atoms with Crippen LogP contribution in [0, 0.1) is 5.92 Å². The predicted molar refractivity (Wildman–Crippen MR) is 86.0 cm³/mol. The van der Waals surface area contributed by atoms with E-state index in [2.05, 4.69) is 34.3 Å². The molecule has 2 rings (SSSR count). The second-order valence-corrected chi connectivity index (χ2v) is 6.23. The zero-order valence-electron chi connectivity index (χ0n) is 13.3. The summed E-state index contributed by atoms with van der Waals surface area (Å²) in [5, 5.41) is 13.2. The van der Waals surface area contributed by atoms with Crippen molar-refractivity contribution in [3.05, 3.63) is 30.1 Å². The quantitative estimate of drug-likeness (QED) is 0.807. The molecule has 0 spiro atoms. The van der Waals surface area contributed by atoms with E-state index >= 15 is 0 Å².